The van der Waals surface area contributed by atoms with Crippen LogP contribution in [0.25, 0.3) is 16.6 Å². The highest BCUT2D eigenvalue weighted by Gasteiger charge is 2.12. The standard InChI is InChI=1S/C15H15N3O2/c1-19-10-6-7-14(15(8-10)20-2)18-13-5-3-4-12(16)11(13)9-17-18/h3-9H,16H2,1-2H3. The number of nitrogen functional groups attached to an aromatic ring is 1. The van der Waals surface area contributed by atoms with Gasteiger partial charge in [0.15, 0.2) is 0 Å². The Morgan fingerprint density at radius 1 is 1.10 bits per heavy atom. The summed E-state index contributed by atoms with van der Waals surface area (Å²) in [5.74, 6) is 1.43. The Bertz CT molecular complexity index is 765. The number of methoxy groups -OCH3 is 2. The van der Waals surface area contributed by atoms with Gasteiger partial charge in [0.25, 0.3) is 0 Å². The van der Waals surface area contributed by atoms with E-state index in [1.165, 1.54) is 0 Å². The summed E-state index contributed by atoms with van der Waals surface area (Å²) in [4.78, 5) is 0. The maximum Gasteiger partial charge on any atom is 0.148 e. The molecule has 0 amide bonds. The fourth-order valence-corrected chi connectivity index (χ4v) is 2.23. The van der Waals surface area contributed by atoms with Gasteiger partial charge >= 0.3 is 0 Å². The lowest BCUT2D eigenvalue weighted by molar-refractivity contribution is 0.392. The normalized spacial score (nSPS) is 10.7. The molecule has 0 unspecified atom stereocenters. The van der Waals surface area contributed by atoms with Crippen LogP contribution in [0.5, 0.6) is 11.5 Å². The first-order chi connectivity index (χ1) is 9.74. The third-order valence-electron chi connectivity index (χ3n) is 3.26. The number of ether oxygens (including phenoxy) is 2. The van der Waals surface area contributed by atoms with Crippen LogP contribution in [-0.2, 0) is 0 Å². The molecule has 3 aromatic rings. The Labute approximate surface area is 116 Å². The van der Waals surface area contributed by atoms with Crippen molar-refractivity contribution in [2.24, 2.45) is 0 Å². The second-order valence-corrected chi connectivity index (χ2v) is 4.37. The Hall–Kier alpha value is -2.69. The second kappa shape index (κ2) is 4.77. The number of benzene rings is 2. The molecule has 2 N–H and O–H groups in total. The number of hydrogen-bond donors (Lipinski definition) is 1. The number of nitrogens with two attached hydrogens (primary N) is 1. The zero-order valence-corrected chi connectivity index (χ0v) is 11.3. The zero-order chi connectivity index (χ0) is 14.1. The van der Waals surface area contributed by atoms with Crippen LogP contribution in [-0.4, -0.2) is 24.0 Å². The number of anilines is 1. The van der Waals surface area contributed by atoms with Crippen LogP contribution < -0.4 is 15.2 Å². The maximum absolute atomic E-state index is 5.96. The molecular formula is C15H15N3O2. The highest BCUT2D eigenvalue weighted by molar-refractivity contribution is 5.91. The first-order valence-corrected chi connectivity index (χ1v) is 6.19. The van der Waals surface area contributed by atoms with E-state index in [9.17, 15) is 0 Å². The van der Waals surface area contributed by atoms with Gasteiger partial charge in [-0.1, -0.05) is 6.07 Å². The summed E-state index contributed by atoms with van der Waals surface area (Å²) in [6, 6.07) is 11.4. The molecule has 1 heterocycles. The minimum atomic E-state index is 0.691. The molecule has 0 radical (unpaired) electrons. The SMILES string of the molecule is COc1ccc(-n2ncc3c(N)cccc32)c(OC)c1. The third kappa shape index (κ3) is 1.84. The van der Waals surface area contributed by atoms with Gasteiger partial charge in [-0.2, -0.15) is 5.10 Å². The summed E-state index contributed by atoms with van der Waals surface area (Å²) in [6.45, 7) is 0. The quantitative estimate of drug-likeness (QED) is 0.742. The summed E-state index contributed by atoms with van der Waals surface area (Å²) in [5.41, 5.74) is 8.45. The van der Waals surface area contributed by atoms with Gasteiger partial charge in [-0.3, -0.25) is 0 Å². The van der Waals surface area contributed by atoms with Crippen LogP contribution >= 0.6 is 0 Å². The van der Waals surface area contributed by atoms with Crippen LogP contribution in [0.2, 0.25) is 0 Å². The van der Waals surface area contributed by atoms with Gasteiger partial charge in [-0.15, -0.1) is 0 Å². The molecule has 5 nitrogen and oxygen atoms in total. The molecule has 3 rings (SSSR count). The topological polar surface area (TPSA) is 62.3 Å². The van der Waals surface area contributed by atoms with E-state index in [2.05, 4.69) is 5.10 Å². The first kappa shape index (κ1) is 12.3. The maximum atomic E-state index is 5.96. The van der Waals surface area contributed by atoms with Gasteiger partial charge in [-0.05, 0) is 24.3 Å². The van der Waals surface area contributed by atoms with Gasteiger partial charge in [-0.25, -0.2) is 4.68 Å². The number of nitrogens with zero attached hydrogens (tertiary/aromatic N) is 2. The van der Waals surface area contributed by atoms with Crippen molar-refractivity contribution in [3.63, 3.8) is 0 Å². The predicted molar refractivity (Wildman–Crippen MR) is 78.6 cm³/mol. The molecule has 0 bridgehead atoms. The van der Waals surface area contributed by atoms with Crippen molar-refractivity contribution in [2.75, 3.05) is 20.0 Å². The van der Waals surface area contributed by atoms with Crippen molar-refractivity contribution in [3.05, 3.63) is 42.6 Å². The fourth-order valence-electron chi connectivity index (χ4n) is 2.23. The van der Waals surface area contributed by atoms with E-state index in [-0.39, 0.29) is 0 Å². The van der Waals surface area contributed by atoms with Crippen LogP contribution in [0.3, 0.4) is 0 Å². The Morgan fingerprint density at radius 2 is 1.95 bits per heavy atom. The molecule has 2 aromatic carbocycles. The molecule has 0 aliphatic rings. The van der Waals surface area contributed by atoms with Crippen molar-refractivity contribution < 1.29 is 9.47 Å². The van der Waals surface area contributed by atoms with E-state index in [0.717, 1.165) is 22.3 Å². The Balaban J connectivity index is 2.23. The van der Waals surface area contributed by atoms with E-state index >= 15 is 0 Å². The van der Waals surface area contributed by atoms with Gasteiger partial charge in [0, 0.05) is 17.1 Å². The van der Waals surface area contributed by atoms with E-state index < -0.39 is 0 Å². The van der Waals surface area contributed by atoms with E-state index in [1.54, 1.807) is 20.4 Å². The van der Waals surface area contributed by atoms with Crippen molar-refractivity contribution in [2.45, 2.75) is 0 Å². The van der Waals surface area contributed by atoms with E-state index in [4.69, 9.17) is 15.2 Å². The van der Waals surface area contributed by atoms with Crippen molar-refractivity contribution in [3.8, 4) is 17.2 Å². The van der Waals surface area contributed by atoms with Gasteiger partial charge in [0.2, 0.25) is 0 Å². The lowest BCUT2D eigenvalue weighted by Gasteiger charge is -2.11. The molecule has 0 fully saturated rings. The molecule has 1 aromatic heterocycles. The molecule has 20 heavy (non-hydrogen) atoms. The third-order valence-corrected chi connectivity index (χ3v) is 3.26. The van der Waals surface area contributed by atoms with Crippen molar-refractivity contribution >= 4 is 16.6 Å². The molecule has 0 saturated carbocycles. The summed E-state index contributed by atoms with van der Waals surface area (Å²) in [6.07, 6.45) is 1.76. The number of hydrogen-bond acceptors (Lipinski definition) is 4. The Morgan fingerprint density at radius 3 is 2.70 bits per heavy atom. The minimum absolute atomic E-state index is 0.691. The molecular weight excluding hydrogens is 254 g/mol. The molecule has 0 aliphatic carbocycles. The first-order valence-electron chi connectivity index (χ1n) is 6.19. The van der Waals surface area contributed by atoms with Crippen molar-refractivity contribution in [1.29, 1.82) is 0 Å². The monoisotopic (exact) mass is 269 g/mol. The number of rotatable bonds is 3. The minimum Gasteiger partial charge on any atom is -0.497 e. The summed E-state index contributed by atoms with van der Waals surface area (Å²) in [5, 5.41) is 5.33. The van der Waals surface area contributed by atoms with E-state index in [1.807, 2.05) is 41.1 Å². The lowest BCUT2D eigenvalue weighted by Crippen LogP contribution is -2.00. The van der Waals surface area contributed by atoms with Crippen LogP contribution in [0.1, 0.15) is 0 Å². The molecule has 102 valence electrons. The van der Waals surface area contributed by atoms with Crippen molar-refractivity contribution in [1.82, 2.24) is 9.78 Å². The second-order valence-electron chi connectivity index (χ2n) is 4.37. The molecule has 0 atom stereocenters. The van der Waals surface area contributed by atoms with Gasteiger partial charge in [0.05, 0.1) is 25.9 Å². The Kier molecular flexibility index (Phi) is 2.95. The highest BCUT2D eigenvalue weighted by Crippen LogP contribution is 2.30. The summed E-state index contributed by atoms with van der Waals surface area (Å²) < 4.78 is 12.4. The predicted octanol–water partition coefficient (Wildman–Crippen LogP) is 2.62. The lowest BCUT2D eigenvalue weighted by atomic mass is 10.2. The van der Waals surface area contributed by atoms with Crippen LogP contribution in [0.4, 0.5) is 5.69 Å². The zero-order valence-electron chi connectivity index (χ0n) is 11.3. The van der Waals surface area contributed by atoms with E-state index in [0.29, 0.717) is 11.4 Å². The van der Waals surface area contributed by atoms with Crippen LogP contribution in [0.15, 0.2) is 42.6 Å². The summed E-state index contributed by atoms with van der Waals surface area (Å²) in [7, 11) is 3.25. The smallest absolute Gasteiger partial charge is 0.148 e. The highest BCUT2D eigenvalue weighted by atomic mass is 16.5. The van der Waals surface area contributed by atoms with Gasteiger partial charge in [0.1, 0.15) is 17.2 Å². The largest absolute Gasteiger partial charge is 0.497 e. The summed E-state index contributed by atoms with van der Waals surface area (Å²) >= 11 is 0. The average Bonchev–Trinajstić information content (AvgIpc) is 2.91. The molecule has 0 aliphatic heterocycles. The van der Waals surface area contributed by atoms with Crippen LogP contribution in [0, 0.1) is 0 Å². The average molecular weight is 269 g/mol. The number of fused-ring (bicyclic) bond motifs is 1. The number of aromatic nitrogens is 2. The molecule has 5 heteroatoms. The molecule has 0 spiro atoms. The van der Waals surface area contributed by atoms with Gasteiger partial charge < -0.3 is 15.2 Å². The molecule has 0 saturated heterocycles. The fraction of sp³-hybridized carbons (Fsp3) is 0.133.